The maximum atomic E-state index is 11.9. The fourth-order valence-electron chi connectivity index (χ4n) is 1.85. The molecule has 6 nitrogen and oxygen atoms in total. The third-order valence-corrected chi connectivity index (χ3v) is 3.12. The number of hydrogen-bond donors (Lipinski definition) is 1. The average Bonchev–Trinajstić information content (AvgIpc) is 2.39. The summed E-state index contributed by atoms with van der Waals surface area (Å²) < 4.78 is 4.92. The van der Waals surface area contributed by atoms with Crippen LogP contribution in [0.1, 0.15) is 26.7 Å². The zero-order valence-electron chi connectivity index (χ0n) is 11.2. The Balaban J connectivity index is 2.34. The topological polar surface area (TPSA) is 75.9 Å². The van der Waals surface area contributed by atoms with Crippen molar-refractivity contribution in [1.29, 1.82) is 0 Å². The van der Waals surface area contributed by atoms with Crippen molar-refractivity contribution in [1.82, 2.24) is 9.80 Å². The molecule has 1 fully saturated rings. The molecule has 1 aliphatic heterocycles. The van der Waals surface area contributed by atoms with Gasteiger partial charge in [-0.2, -0.15) is 0 Å². The summed E-state index contributed by atoms with van der Waals surface area (Å²) in [5.41, 5.74) is 5.76. The number of hydrogen-bond acceptors (Lipinski definition) is 4. The van der Waals surface area contributed by atoms with Crippen LogP contribution in [-0.4, -0.2) is 60.6 Å². The maximum Gasteiger partial charge on any atom is 0.409 e. The average molecular weight is 257 g/mol. The molecule has 18 heavy (non-hydrogen) atoms. The van der Waals surface area contributed by atoms with Crippen molar-refractivity contribution in [2.45, 2.75) is 32.7 Å². The van der Waals surface area contributed by atoms with Gasteiger partial charge in [0, 0.05) is 38.6 Å². The van der Waals surface area contributed by atoms with Crippen molar-refractivity contribution in [3.63, 3.8) is 0 Å². The Hall–Kier alpha value is -1.30. The van der Waals surface area contributed by atoms with E-state index in [0.29, 0.717) is 39.2 Å². The molecule has 6 heteroatoms. The quantitative estimate of drug-likeness (QED) is 0.791. The van der Waals surface area contributed by atoms with E-state index >= 15 is 0 Å². The second kappa shape index (κ2) is 7.20. The first-order chi connectivity index (χ1) is 8.58. The van der Waals surface area contributed by atoms with Crippen molar-refractivity contribution < 1.29 is 14.3 Å². The molecule has 0 aliphatic carbocycles. The molecule has 0 aromatic rings. The summed E-state index contributed by atoms with van der Waals surface area (Å²) in [5.74, 6) is 0.0767. The first-order valence-electron chi connectivity index (χ1n) is 6.53. The van der Waals surface area contributed by atoms with Gasteiger partial charge in [-0.25, -0.2) is 4.79 Å². The van der Waals surface area contributed by atoms with E-state index in [4.69, 9.17) is 10.5 Å². The second-order valence-corrected chi connectivity index (χ2v) is 4.44. The van der Waals surface area contributed by atoms with Gasteiger partial charge in [0.25, 0.3) is 0 Å². The highest BCUT2D eigenvalue weighted by Gasteiger charge is 2.25. The summed E-state index contributed by atoms with van der Waals surface area (Å²) in [5, 5.41) is 0. The van der Waals surface area contributed by atoms with Gasteiger partial charge >= 0.3 is 6.09 Å². The van der Waals surface area contributed by atoms with Crippen LogP contribution in [0, 0.1) is 0 Å². The fourth-order valence-corrected chi connectivity index (χ4v) is 1.85. The van der Waals surface area contributed by atoms with Gasteiger partial charge in [0.1, 0.15) is 0 Å². The van der Waals surface area contributed by atoms with E-state index < -0.39 is 0 Å². The minimum absolute atomic E-state index is 0.0689. The number of nitrogens with zero attached hydrogens (tertiary/aromatic N) is 2. The van der Waals surface area contributed by atoms with E-state index in [2.05, 4.69) is 0 Å². The van der Waals surface area contributed by atoms with Crippen LogP contribution in [0.5, 0.6) is 0 Å². The van der Waals surface area contributed by atoms with Crippen molar-refractivity contribution in [3.8, 4) is 0 Å². The SMILES string of the molecule is CCOC(=O)N1CCN(C(=O)CC(N)CC)CC1. The van der Waals surface area contributed by atoms with Gasteiger partial charge in [-0.3, -0.25) is 4.79 Å². The Morgan fingerprint density at radius 1 is 1.17 bits per heavy atom. The van der Waals surface area contributed by atoms with Gasteiger partial charge in [0.15, 0.2) is 0 Å². The maximum absolute atomic E-state index is 11.9. The minimum Gasteiger partial charge on any atom is -0.450 e. The summed E-state index contributed by atoms with van der Waals surface area (Å²) in [7, 11) is 0. The number of nitrogens with two attached hydrogens (primary N) is 1. The molecule has 2 N–H and O–H groups in total. The van der Waals surface area contributed by atoms with E-state index in [-0.39, 0.29) is 18.0 Å². The Morgan fingerprint density at radius 2 is 1.72 bits per heavy atom. The Morgan fingerprint density at radius 3 is 2.22 bits per heavy atom. The summed E-state index contributed by atoms with van der Waals surface area (Å²) in [6.07, 6.45) is 0.889. The van der Waals surface area contributed by atoms with Crippen molar-refractivity contribution in [2.75, 3.05) is 32.8 Å². The lowest BCUT2D eigenvalue weighted by Crippen LogP contribution is -2.51. The standard InChI is InChI=1S/C12H23N3O3/c1-3-10(13)9-11(16)14-5-7-15(8-6-14)12(17)18-4-2/h10H,3-9,13H2,1-2H3. The first-order valence-corrected chi connectivity index (χ1v) is 6.53. The smallest absolute Gasteiger partial charge is 0.409 e. The molecule has 0 saturated carbocycles. The highest BCUT2D eigenvalue weighted by Crippen LogP contribution is 2.07. The van der Waals surface area contributed by atoms with Gasteiger partial charge in [-0.05, 0) is 13.3 Å². The lowest BCUT2D eigenvalue weighted by atomic mass is 10.1. The van der Waals surface area contributed by atoms with Crippen LogP contribution in [0.4, 0.5) is 4.79 Å². The van der Waals surface area contributed by atoms with Gasteiger partial charge in [-0.15, -0.1) is 0 Å². The van der Waals surface area contributed by atoms with Crippen LogP contribution in [0.25, 0.3) is 0 Å². The normalized spacial score (nSPS) is 17.5. The predicted octanol–water partition coefficient (Wildman–Crippen LogP) is 0.415. The van der Waals surface area contributed by atoms with Crippen LogP contribution < -0.4 is 5.73 Å². The highest BCUT2D eigenvalue weighted by molar-refractivity contribution is 5.77. The molecule has 0 aromatic carbocycles. The van der Waals surface area contributed by atoms with E-state index in [1.54, 1.807) is 16.7 Å². The van der Waals surface area contributed by atoms with Gasteiger partial charge in [0.05, 0.1) is 6.61 Å². The number of carbonyl (C=O) groups is 2. The van der Waals surface area contributed by atoms with Crippen molar-refractivity contribution in [3.05, 3.63) is 0 Å². The van der Waals surface area contributed by atoms with Crippen LogP contribution in [0.15, 0.2) is 0 Å². The summed E-state index contributed by atoms with van der Waals surface area (Å²) in [4.78, 5) is 26.8. The highest BCUT2D eigenvalue weighted by atomic mass is 16.6. The summed E-state index contributed by atoms with van der Waals surface area (Å²) in [6.45, 7) is 6.32. The number of piperazine rings is 1. The van der Waals surface area contributed by atoms with E-state index in [9.17, 15) is 9.59 Å². The minimum atomic E-state index is -0.296. The van der Waals surface area contributed by atoms with Crippen molar-refractivity contribution >= 4 is 12.0 Å². The third kappa shape index (κ3) is 4.18. The zero-order chi connectivity index (χ0) is 13.5. The number of carbonyl (C=O) groups excluding carboxylic acids is 2. The molecule has 0 spiro atoms. The lowest BCUT2D eigenvalue weighted by molar-refractivity contribution is -0.133. The number of rotatable bonds is 4. The molecule has 0 bridgehead atoms. The predicted molar refractivity (Wildman–Crippen MR) is 68.1 cm³/mol. The Kier molecular flexibility index (Phi) is 5.91. The zero-order valence-corrected chi connectivity index (χ0v) is 11.2. The molecule has 104 valence electrons. The van der Waals surface area contributed by atoms with Gasteiger partial charge < -0.3 is 20.3 Å². The molecule has 1 rings (SSSR count). The van der Waals surface area contributed by atoms with E-state index in [1.807, 2.05) is 6.92 Å². The van der Waals surface area contributed by atoms with Gasteiger partial charge in [0.2, 0.25) is 5.91 Å². The monoisotopic (exact) mass is 257 g/mol. The van der Waals surface area contributed by atoms with Crippen LogP contribution in [0.3, 0.4) is 0 Å². The molecule has 1 atom stereocenters. The summed E-state index contributed by atoms with van der Waals surface area (Å²) >= 11 is 0. The second-order valence-electron chi connectivity index (χ2n) is 4.44. The Labute approximate surface area is 108 Å². The molecular formula is C12H23N3O3. The van der Waals surface area contributed by atoms with Crippen LogP contribution >= 0.6 is 0 Å². The molecule has 0 aromatic heterocycles. The number of amides is 2. The molecule has 0 radical (unpaired) electrons. The molecule has 1 aliphatic rings. The fraction of sp³-hybridized carbons (Fsp3) is 0.833. The third-order valence-electron chi connectivity index (χ3n) is 3.12. The van der Waals surface area contributed by atoms with Crippen molar-refractivity contribution in [2.24, 2.45) is 5.73 Å². The lowest BCUT2D eigenvalue weighted by Gasteiger charge is -2.34. The molecule has 1 unspecified atom stereocenters. The first kappa shape index (κ1) is 14.8. The van der Waals surface area contributed by atoms with E-state index in [0.717, 1.165) is 6.42 Å². The van der Waals surface area contributed by atoms with E-state index in [1.165, 1.54) is 0 Å². The molecule has 1 heterocycles. The summed E-state index contributed by atoms with van der Waals surface area (Å²) in [6, 6.07) is -0.0689. The largest absolute Gasteiger partial charge is 0.450 e. The molecule has 1 saturated heterocycles. The molecular weight excluding hydrogens is 234 g/mol. The molecule has 2 amide bonds. The Bertz CT molecular complexity index is 288. The van der Waals surface area contributed by atoms with Crippen LogP contribution in [-0.2, 0) is 9.53 Å². The van der Waals surface area contributed by atoms with Gasteiger partial charge in [-0.1, -0.05) is 6.92 Å². The van der Waals surface area contributed by atoms with Crippen LogP contribution in [0.2, 0.25) is 0 Å². The number of ether oxygens (including phenoxy) is 1.